The Morgan fingerprint density at radius 1 is 1.31 bits per heavy atom. The second-order valence-corrected chi connectivity index (χ2v) is 4.77. The highest BCUT2D eigenvalue weighted by atomic mass is 14.5. The third-order valence-corrected chi connectivity index (χ3v) is 3.82. The van der Waals surface area contributed by atoms with Crippen LogP contribution in [-0.2, 0) is 0 Å². The average molecular weight is 183 g/mol. The molecule has 0 bridgehead atoms. The summed E-state index contributed by atoms with van der Waals surface area (Å²) in [6.07, 6.45) is 8.50. The molecule has 0 saturated heterocycles. The topological polar surface area (TPSA) is 26.0 Å². The molecule has 0 aromatic carbocycles. The van der Waals surface area contributed by atoms with Crippen molar-refractivity contribution in [3.8, 4) is 0 Å². The van der Waals surface area contributed by atoms with Crippen LogP contribution in [-0.4, -0.2) is 6.54 Å². The van der Waals surface area contributed by atoms with Gasteiger partial charge in [0.15, 0.2) is 0 Å². The molecule has 0 aliphatic heterocycles. The van der Waals surface area contributed by atoms with Gasteiger partial charge < -0.3 is 5.73 Å². The zero-order valence-corrected chi connectivity index (χ0v) is 9.26. The summed E-state index contributed by atoms with van der Waals surface area (Å²) in [7, 11) is 0. The molecular weight excluding hydrogens is 158 g/mol. The molecule has 0 aromatic rings. The summed E-state index contributed by atoms with van der Waals surface area (Å²) in [5.41, 5.74) is 5.73. The van der Waals surface area contributed by atoms with E-state index in [-0.39, 0.29) is 0 Å². The monoisotopic (exact) mass is 183 g/mol. The minimum absolute atomic E-state index is 0.774. The van der Waals surface area contributed by atoms with Gasteiger partial charge in [-0.25, -0.2) is 0 Å². The van der Waals surface area contributed by atoms with Crippen LogP contribution in [0.3, 0.4) is 0 Å². The molecule has 0 radical (unpaired) electrons. The number of hydrogen-bond donors (Lipinski definition) is 1. The molecule has 1 aliphatic carbocycles. The predicted octanol–water partition coefficient (Wildman–Crippen LogP) is 3.19. The quantitative estimate of drug-likeness (QED) is 0.696. The van der Waals surface area contributed by atoms with E-state index in [1.54, 1.807) is 0 Å². The molecule has 0 aromatic heterocycles. The van der Waals surface area contributed by atoms with Gasteiger partial charge in [-0.05, 0) is 30.7 Å². The second-order valence-electron chi connectivity index (χ2n) is 4.77. The maximum Gasteiger partial charge on any atom is -0.00489 e. The summed E-state index contributed by atoms with van der Waals surface area (Å²) in [5, 5.41) is 0. The van der Waals surface area contributed by atoms with Gasteiger partial charge in [0.1, 0.15) is 0 Å². The highest BCUT2D eigenvalue weighted by Crippen LogP contribution is 2.34. The van der Waals surface area contributed by atoms with Crippen molar-refractivity contribution in [2.75, 3.05) is 6.54 Å². The number of rotatable bonds is 5. The lowest BCUT2D eigenvalue weighted by Gasteiger charge is -2.23. The molecule has 2 unspecified atom stereocenters. The Morgan fingerprint density at radius 2 is 1.92 bits per heavy atom. The fourth-order valence-corrected chi connectivity index (χ4v) is 2.67. The molecule has 0 spiro atoms. The number of hydrogen-bond acceptors (Lipinski definition) is 1. The molecule has 1 fully saturated rings. The van der Waals surface area contributed by atoms with Crippen molar-refractivity contribution in [1.29, 1.82) is 0 Å². The van der Waals surface area contributed by atoms with E-state index in [1.807, 2.05) is 0 Å². The Morgan fingerprint density at radius 3 is 2.38 bits per heavy atom. The van der Waals surface area contributed by atoms with Gasteiger partial charge in [0.25, 0.3) is 0 Å². The Kier molecular flexibility index (Phi) is 4.79. The molecule has 2 atom stereocenters. The Bertz CT molecular complexity index is 123. The SMILES string of the molecule is CCC(CN)CC(C)C1CCCC1. The first-order valence-corrected chi connectivity index (χ1v) is 5.98. The van der Waals surface area contributed by atoms with Crippen molar-refractivity contribution in [2.45, 2.75) is 52.4 Å². The molecule has 0 heterocycles. The summed E-state index contributed by atoms with van der Waals surface area (Å²) in [6.45, 7) is 5.57. The Balaban J connectivity index is 2.25. The van der Waals surface area contributed by atoms with Crippen molar-refractivity contribution in [3.63, 3.8) is 0 Å². The average Bonchev–Trinajstić information content (AvgIpc) is 2.66. The van der Waals surface area contributed by atoms with E-state index >= 15 is 0 Å². The predicted molar refractivity (Wildman–Crippen MR) is 58.6 cm³/mol. The molecule has 1 aliphatic rings. The standard InChI is InChI=1S/C12H25N/c1-3-11(9-13)8-10(2)12-6-4-5-7-12/h10-12H,3-9,13H2,1-2H3. The fourth-order valence-electron chi connectivity index (χ4n) is 2.67. The summed E-state index contributed by atoms with van der Waals surface area (Å²) >= 11 is 0. The van der Waals surface area contributed by atoms with Gasteiger partial charge in [0.2, 0.25) is 0 Å². The highest BCUT2D eigenvalue weighted by Gasteiger charge is 2.22. The summed E-state index contributed by atoms with van der Waals surface area (Å²) < 4.78 is 0. The van der Waals surface area contributed by atoms with Crippen LogP contribution < -0.4 is 5.73 Å². The van der Waals surface area contributed by atoms with E-state index in [0.717, 1.165) is 24.3 Å². The zero-order valence-electron chi connectivity index (χ0n) is 9.26. The lowest BCUT2D eigenvalue weighted by molar-refractivity contribution is 0.289. The molecular formula is C12H25N. The van der Waals surface area contributed by atoms with E-state index < -0.39 is 0 Å². The zero-order chi connectivity index (χ0) is 9.68. The Hall–Kier alpha value is -0.0400. The van der Waals surface area contributed by atoms with Crippen LogP contribution in [0.1, 0.15) is 52.4 Å². The van der Waals surface area contributed by atoms with E-state index in [2.05, 4.69) is 13.8 Å². The van der Waals surface area contributed by atoms with Crippen LogP contribution in [0.2, 0.25) is 0 Å². The van der Waals surface area contributed by atoms with Crippen LogP contribution in [0.4, 0.5) is 0 Å². The smallest absolute Gasteiger partial charge is 0.00489 e. The largest absolute Gasteiger partial charge is 0.330 e. The van der Waals surface area contributed by atoms with Gasteiger partial charge in [0, 0.05) is 0 Å². The Labute approximate surface area is 83.1 Å². The van der Waals surface area contributed by atoms with Crippen molar-refractivity contribution >= 4 is 0 Å². The minimum atomic E-state index is 0.774. The summed E-state index contributed by atoms with van der Waals surface area (Å²) in [6, 6.07) is 0. The van der Waals surface area contributed by atoms with Gasteiger partial charge in [-0.1, -0.05) is 46.0 Å². The maximum atomic E-state index is 5.73. The van der Waals surface area contributed by atoms with Gasteiger partial charge in [-0.15, -0.1) is 0 Å². The molecule has 78 valence electrons. The molecule has 1 saturated carbocycles. The molecule has 1 rings (SSSR count). The molecule has 2 N–H and O–H groups in total. The first-order valence-electron chi connectivity index (χ1n) is 5.98. The highest BCUT2D eigenvalue weighted by molar-refractivity contribution is 4.75. The molecule has 1 heteroatoms. The molecule has 1 nitrogen and oxygen atoms in total. The maximum absolute atomic E-state index is 5.73. The normalized spacial score (nSPS) is 23.3. The van der Waals surface area contributed by atoms with Crippen LogP contribution >= 0.6 is 0 Å². The lowest BCUT2D eigenvalue weighted by Crippen LogP contribution is -2.19. The fraction of sp³-hybridized carbons (Fsp3) is 1.00. The van der Waals surface area contributed by atoms with Crippen LogP contribution in [0.5, 0.6) is 0 Å². The van der Waals surface area contributed by atoms with E-state index in [0.29, 0.717) is 0 Å². The molecule has 0 amide bonds. The van der Waals surface area contributed by atoms with E-state index in [1.165, 1.54) is 38.5 Å². The third kappa shape index (κ3) is 3.30. The van der Waals surface area contributed by atoms with Crippen LogP contribution in [0.25, 0.3) is 0 Å². The lowest BCUT2D eigenvalue weighted by atomic mass is 9.84. The van der Waals surface area contributed by atoms with Gasteiger partial charge in [-0.2, -0.15) is 0 Å². The molecule has 13 heavy (non-hydrogen) atoms. The summed E-state index contributed by atoms with van der Waals surface area (Å²) in [5.74, 6) is 2.70. The van der Waals surface area contributed by atoms with Crippen LogP contribution in [0, 0.1) is 17.8 Å². The summed E-state index contributed by atoms with van der Waals surface area (Å²) in [4.78, 5) is 0. The first-order chi connectivity index (χ1) is 6.27. The third-order valence-electron chi connectivity index (χ3n) is 3.82. The van der Waals surface area contributed by atoms with Crippen molar-refractivity contribution in [3.05, 3.63) is 0 Å². The van der Waals surface area contributed by atoms with Crippen molar-refractivity contribution in [1.82, 2.24) is 0 Å². The minimum Gasteiger partial charge on any atom is -0.330 e. The first kappa shape index (κ1) is 11.0. The van der Waals surface area contributed by atoms with E-state index in [9.17, 15) is 0 Å². The second kappa shape index (κ2) is 5.64. The van der Waals surface area contributed by atoms with Crippen LogP contribution in [0.15, 0.2) is 0 Å². The van der Waals surface area contributed by atoms with Gasteiger partial charge >= 0.3 is 0 Å². The van der Waals surface area contributed by atoms with Crippen molar-refractivity contribution < 1.29 is 0 Å². The van der Waals surface area contributed by atoms with Crippen molar-refractivity contribution in [2.24, 2.45) is 23.5 Å². The van der Waals surface area contributed by atoms with Gasteiger partial charge in [0.05, 0.1) is 0 Å². The van der Waals surface area contributed by atoms with Gasteiger partial charge in [-0.3, -0.25) is 0 Å². The van der Waals surface area contributed by atoms with E-state index in [4.69, 9.17) is 5.73 Å². The number of nitrogens with two attached hydrogens (primary N) is 1.